The van der Waals surface area contributed by atoms with E-state index >= 15 is 0 Å². The van der Waals surface area contributed by atoms with Crippen LogP contribution in [0.25, 0.3) is 32.6 Å². The van der Waals surface area contributed by atoms with Crippen LogP contribution in [0.2, 0.25) is 0 Å². The molecule has 144 valence electrons. The fourth-order valence-electron chi connectivity index (χ4n) is 3.54. The van der Waals surface area contributed by atoms with Crippen LogP contribution in [0, 0.1) is 13.8 Å². The molecule has 29 heavy (non-hydrogen) atoms. The third-order valence-electron chi connectivity index (χ3n) is 5.06. The van der Waals surface area contributed by atoms with Crippen LogP contribution in [0.3, 0.4) is 0 Å². The molecule has 1 aromatic carbocycles. The van der Waals surface area contributed by atoms with Crippen molar-refractivity contribution in [3.63, 3.8) is 0 Å². The molecule has 0 aliphatic carbocycles. The molecule has 6 nitrogen and oxygen atoms in total. The molecule has 0 saturated carbocycles. The average molecular weight is 401 g/mol. The van der Waals surface area contributed by atoms with Gasteiger partial charge in [-0.3, -0.25) is 4.98 Å². The summed E-state index contributed by atoms with van der Waals surface area (Å²) in [6.45, 7) is 4.86. The van der Waals surface area contributed by atoms with E-state index in [1.807, 2.05) is 24.6 Å². The summed E-state index contributed by atoms with van der Waals surface area (Å²) in [4.78, 5) is 22.5. The first kappa shape index (κ1) is 17.8. The molecular weight excluding hydrogens is 380 g/mol. The minimum atomic E-state index is 0.678. The van der Waals surface area contributed by atoms with E-state index in [4.69, 9.17) is 9.97 Å². The number of hydrogen-bond acceptors (Lipinski definition) is 6. The van der Waals surface area contributed by atoms with E-state index < -0.39 is 0 Å². The number of nitrogens with zero attached hydrogens (tertiary/aromatic N) is 4. The van der Waals surface area contributed by atoms with Gasteiger partial charge in [-0.05, 0) is 50.1 Å². The van der Waals surface area contributed by atoms with E-state index in [-0.39, 0.29) is 0 Å². The summed E-state index contributed by atoms with van der Waals surface area (Å²) in [5, 5.41) is 4.76. The lowest BCUT2D eigenvalue weighted by molar-refractivity contribution is 1.01. The van der Waals surface area contributed by atoms with Crippen LogP contribution in [-0.2, 0) is 6.42 Å². The van der Waals surface area contributed by atoms with Gasteiger partial charge >= 0.3 is 0 Å². The smallest absolute Gasteiger partial charge is 0.165 e. The number of H-pyrrole nitrogens is 1. The van der Waals surface area contributed by atoms with Gasteiger partial charge in [0, 0.05) is 41.1 Å². The van der Waals surface area contributed by atoms with Gasteiger partial charge in [-0.1, -0.05) is 11.6 Å². The zero-order valence-corrected chi connectivity index (χ0v) is 17.0. The largest absolute Gasteiger partial charge is 0.368 e. The summed E-state index contributed by atoms with van der Waals surface area (Å²) >= 11 is 1.52. The number of hydrogen-bond donors (Lipinski definition) is 2. The molecule has 4 heterocycles. The van der Waals surface area contributed by atoms with E-state index in [1.54, 1.807) is 6.20 Å². The van der Waals surface area contributed by atoms with E-state index in [9.17, 15) is 0 Å². The quantitative estimate of drug-likeness (QED) is 0.439. The Labute approximate surface area is 172 Å². The Morgan fingerprint density at radius 3 is 2.93 bits per heavy atom. The van der Waals surface area contributed by atoms with Gasteiger partial charge in [0.05, 0.1) is 5.51 Å². The second-order valence-electron chi connectivity index (χ2n) is 7.08. The van der Waals surface area contributed by atoms with Crippen molar-refractivity contribution in [3.05, 3.63) is 65.1 Å². The Balaban J connectivity index is 1.43. The molecule has 0 amide bonds. The minimum absolute atomic E-state index is 0.678. The molecule has 0 unspecified atom stereocenters. The zero-order valence-electron chi connectivity index (χ0n) is 16.2. The van der Waals surface area contributed by atoms with Crippen molar-refractivity contribution in [1.29, 1.82) is 0 Å². The van der Waals surface area contributed by atoms with E-state index in [1.165, 1.54) is 33.4 Å². The first-order valence-electron chi connectivity index (χ1n) is 9.53. The number of thiazole rings is 1. The van der Waals surface area contributed by atoms with E-state index in [0.29, 0.717) is 5.82 Å². The molecular formula is C22H20N6S. The summed E-state index contributed by atoms with van der Waals surface area (Å²) < 4.78 is 0. The maximum atomic E-state index is 4.77. The van der Waals surface area contributed by atoms with Gasteiger partial charge in [-0.25, -0.2) is 15.0 Å². The molecule has 0 aliphatic rings. The molecule has 5 rings (SSSR count). The normalized spacial score (nSPS) is 11.4. The van der Waals surface area contributed by atoms with E-state index in [2.05, 4.69) is 51.6 Å². The lowest BCUT2D eigenvalue weighted by Crippen LogP contribution is -2.08. The first-order chi connectivity index (χ1) is 14.2. The molecule has 7 heteroatoms. The van der Waals surface area contributed by atoms with Crippen molar-refractivity contribution in [2.24, 2.45) is 0 Å². The molecule has 5 aromatic rings. The van der Waals surface area contributed by atoms with Gasteiger partial charge in [0.15, 0.2) is 11.6 Å². The summed E-state index contributed by atoms with van der Waals surface area (Å²) in [5.41, 5.74) is 8.21. The van der Waals surface area contributed by atoms with Crippen LogP contribution in [0.5, 0.6) is 0 Å². The third-order valence-corrected chi connectivity index (χ3v) is 5.77. The Morgan fingerprint density at radius 1 is 1.10 bits per heavy atom. The van der Waals surface area contributed by atoms with Gasteiger partial charge in [-0.2, -0.15) is 0 Å². The average Bonchev–Trinajstić information content (AvgIpc) is 3.35. The van der Waals surface area contributed by atoms with Crippen molar-refractivity contribution >= 4 is 38.4 Å². The third kappa shape index (κ3) is 3.34. The number of pyridine rings is 1. The molecule has 0 radical (unpaired) electrons. The van der Waals surface area contributed by atoms with Crippen LogP contribution in [0.15, 0.2) is 48.2 Å². The number of aromatic amines is 1. The van der Waals surface area contributed by atoms with Crippen molar-refractivity contribution in [1.82, 2.24) is 24.9 Å². The highest BCUT2D eigenvalue weighted by atomic mass is 32.1. The van der Waals surface area contributed by atoms with Crippen molar-refractivity contribution in [2.75, 3.05) is 11.9 Å². The predicted octanol–water partition coefficient (Wildman–Crippen LogP) is 4.90. The highest BCUT2D eigenvalue weighted by molar-refractivity contribution is 7.16. The fourth-order valence-corrected chi connectivity index (χ4v) is 4.20. The zero-order chi connectivity index (χ0) is 19.8. The first-order valence-corrected chi connectivity index (χ1v) is 10.4. The Bertz CT molecular complexity index is 1320. The number of rotatable bonds is 5. The molecule has 2 N–H and O–H groups in total. The van der Waals surface area contributed by atoms with Gasteiger partial charge in [-0.15, -0.1) is 11.3 Å². The molecule has 0 fully saturated rings. The molecule has 0 atom stereocenters. The van der Waals surface area contributed by atoms with Crippen LogP contribution in [0.4, 0.5) is 5.82 Å². The number of nitrogens with one attached hydrogen (secondary N) is 2. The summed E-state index contributed by atoms with van der Waals surface area (Å²) in [5.74, 6) is 1.45. The predicted molar refractivity (Wildman–Crippen MR) is 118 cm³/mol. The monoisotopic (exact) mass is 400 g/mol. The lowest BCUT2D eigenvalue weighted by atomic mass is 10.1. The molecule has 0 bridgehead atoms. The topological polar surface area (TPSA) is 79.4 Å². The van der Waals surface area contributed by atoms with Crippen molar-refractivity contribution in [3.8, 4) is 11.4 Å². The summed E-state index contributed by atoms with van der Waals surface area (Å²) in [7, 11) is 0. The Hall–Kier alpha value is -3.32. The van der Waals surface area contributed by atoms with Crippen LogP contribution < -0.4 is 5.32 Å². The van der Waals surface area contributed by atoms with Gasteiger partial charge in [0.25, 0.3) is 0 Å². The number of fused-ring (bicyclic) bond motifs is 2. The van der Waals surface area contributed by atoms with Crippen molar-refractivity contribution < 1.29 is 0 Å². The molecule has 0 aliphatic heterocycles. The summed E-state index contributed by atoms with van der Waals surface area (Å²) in [6.07, 6.45) is 4.76. The second kappa shape index (κ2) is 7.25. The number of aromatic nitrogens is 5. The Morgan fingerprint density at radius 2 is 2.03 bits per heavy atom. The molecule has 4 aromatic heterocycles. The maximum absolute atomic E-state index is 4.77. The minimum Gasteiger partial charge on any atom is -0.368 e. The maximum Gasteiger partial charge on any atom is 0.165 e. The van der Waals surface area contributed by atoms with Crippen LogP contribution in [0.1, 0.15) is 16.8 Å². The van der Waals surface area contributed by atoms with Crippen molar-refractivity contribution in [2.45, 2.75) is 20.3 Å². The van der Waals surface area contributed by atoms with Gasteiger partial charge in [0.2, 0.25) is 0 Å². The standard InChI is InChI=1S/C22H20N6S/c1-13-5-6-18-17(10-13)15(11-25-18)7-9-24-21-19-22(29-12-26-19)28-20(27-21)16-4-3-8-23-14(16)2/h3-6,8,10-12,25H,7,9H2,1-2H3,(H,24,27,28). The number of benzene rings is 1. The van der Waals surface area contributed by atoms with Gasteiger partial charge in [0.1, 0.15) is 10.3 Å². The van der Waals surface area contributed by atoms with Gasteiger partial charge < -0.3 is 10.3 Å². The highest BCUT2D eigenvalue weighted by Gasteiger charge is 2.13. The number of aryl methyl sites for hydroxylation is 2. The number of anilines is 1. The fraction of sp³-hybridized carbons (Fsp3) is 0.182. The van der Waals surface area contributed by atoms with Crippen LogP contribution in [-0.4, -0.2) is 31.5 Å². The van der Waals surface area contributed by atoms with Crippen LogP contribution >= 0.6 is 11.3 Å². The highest BCUT2D eigenvalue weighted by Crippen LogP contribution is 2.27. The van der Waals surface area contributed by atoms with E-state index in [0.717, 1.165) is 40.4 Å². The second-order valence-corrected chi connectivity index (χ2v) is 7.91. The molecule has 0 spiro atoms. The summed E-state index contributed by atoms with van der Waals surface area (Å²) in [6, 6.07) is 10.4. The molecule has 0 saturated heterocycles. The Kier molecular flexibility index (Phi) is 4.44. The lowest BCUT2D eigenvalue weighted by Gasteiger charge is -2.09. The SMILES string of the molecule is Cc1ccc2[nH]cc(CCNc3nc(-c4cccnc4C)nc4scnc34)c2c1.